The molecule has 0 aliphatic rings. The lowest BCUT2D eigenvalue weighted by atomic mass is 10.1. The van der Waals surface area contributed by atoms with Crippen LogP contribution in [-0.4, -0.2) is 9.78 Å². The standard InChI is InChI=1S/C13H17N3/c1-10-3-5-12(6-4-10)13(14)9-16-8-7-11(2)15-16/h3-8,13H,9,14H2,1-2H3. The molecule has 0 fully saturated rings. The van der Waals surface area contributed by atoms with Gasteiger partial charge in [0.1, 0.15) is 0 Å². The smallest absolute Gasteiger partial charge is 0.0602 e. The predicted molar refractivity (Wildman–Crippen MR) is 65.1 cm³/mol. The lowest BCUT2D eigenvalue weighted by Crippen LogP contribution is -2.18. The van der Waals surface area contributed by atoms with Crippen molar-refractivity contribution in [3.63, 3.8) is 0 Å². The van der Waals surface area contributed by atoms with E-state index < -0.39 is 0 Å². The van der Waals surface area contributed by atoms with E-state index in [4.69, 9.17) is 5.73 Å². The fourth-order valence-corrected chi connectivity index (χ4v) is 1.69. The fraction of sp³-hybridized carbons (Fsp3) is 0.308. The van der Waals surface area contributed by atoms with E-state index in [-0.39, 0.29) is 6.04 Å². The van der Waals surface area contributed by atoms with Crippen molar-refractivity contribution in [3.05, 3.63) is 53.3 Å². The Morgan fingerprint density at radius 2 is 1.88 bits per heavy atom. The Labute approximate surface area is 95.9 Å². The first-order valence-electron chi connectivity index (χ1n) is 5.47. The first-order chi connectivity index (χ1) is 7.65. The Bertz CT molecular complexity index is 456. The van der Waals surface area contributed by atoms with Crippen molar-refractivity contribution in [2.75, 3.05) is 0 Å². The largest absolute Gasteiger partial charge is 0.322 e. The van der Waals surface area contributed by atoms with Gasteiger partial charge < -0.3 is 5.73 Å². The van der Waals surface area contributed by atoms with Crippen LogP contribution in [0.15, 0.2) is 36.5 Å². The summed E-state index contributed by atoms with van der Waals surface area (Å²) in [7, 11) is 0. The molecule has 0 spiro atoms. The van der Waals surface area contributed by atoms with Crippen LogP contribution in [0.2, 0.25) is 0 Å². The maximum absolute atomic E-state index is 6.13. The topological polar surface area (TPSA) is 43.8 Å². The maximum atomic E-state index is 6.13. The van der Waals surface area contributed by atoms with E-state index in [0.717, 1.165) is 17.8 Å². The molecule has 16 heavy (non-hydrogen) atoms. The molecule has 0 amide bonds. The zero-order valence-electron chi connectivity index (χ0n) is 9.72. The second-order valence-corrected chi connectivity index (χ2v) is 4.20. The lowest BCUT2D eigenvalue weighted by molar-refractivity contribution is 0.525. The minimum absolute atomic E-state index is 0.0000926. The van der Waals surface area contributed by atoms with Gasteiger partial charge in [-0.05, 0) is 25.5 Å². The molecule has 0 radical (unpaired) electrons. The van der Waals surface area contributed by atoms with Gasteiger partial charge in [-0.15, -0.1) is 0 Å². The van der Waals surface area contributed by atoms with Crippen LogP contribution in [0.1, 0.15) is 22.9 Å². The molecule has 0 aliphatic carbocycles. The summed E-state index contributed by atoms with van der Waals surface area (Å²) < 4.78 is 1.89. The Hall–Kier alpha value is -1.61. The van der Waals surface area contributed by atoms with Gasteiger partial charge in [-0.3, -0.25) is 4.68 Å². The third-order valence-electron chi connectivity index (χ3n) is 2.66. The number of nitrogens with two attached hydrogens (primary N) is 1. The van der Waals surface area contributed by atoms with Gasteiger partial charge in [-0.25, -0.2) is 0 Å². The van der Waals surface area contributed by atoms with Crippen molar-refractivity contribution >= 4 is 0 Å². The normalized spacial score (nSPS) is 12.7. The summed E-state index contributed by atoms with van der Waals surface area (Å²) in [5.41, 5.74) is 9.56. The van der Waals surface area contributed by atoms with Gasteiger partial charge >= 0.3 is 0 Å². The van der Waals surface area contributed by atoms with Crippen LogP contribution in [0.4, 0.5) is 0 Å². The van der Waals surface area contributed by atoms with Crippen LogP contribution in [0.3, 0.4) is 0 Å². The monoisotopic (exact) mass is 215 g/mol. The summed E-state index contributed by atoms with van der Waals surface area (Å²) in [4.78, 5) is 0. The van der Waals surface area contributed by atoms with Gasteiger partial charge in [0.2, 0.25) is 0 Å². The van der Waals surface area contributed by atoms with Crippen molar-refractivity contribution in [3.8, 4) is 0 Å². The van der Waals surface area contributed by atoms with Crippen LogP contribution in [0.25, 0.3) is 0 Å². The number of benzene rings is 1. The van der Waals surface area contributed by atoms with Crippen LogP contribution < -0.4 is 5.73 Å². The van der Waals surface area contributed by atoms with Crippen molar-refractivity contribution in [2.45, 2.75) is 26.4 Å². The summed E-state index contributed by atoms with van der Waals surface area (Å²) >= 11 is 0. The highest BCUT2D eigenvalue weighted by Gasteiger charge is 2.06. The van der Waals surface area contributed by atoms with Crippen molar-refractivity contribution in [2.24, 2.45) is 5.73 Å². The van der Waals surface area contributed by atoms with Gasteiger partial charge in [-0.1, -0.05) is 29.8 Å². The number of hydrogen-bond acceptors (Lipinski definition) is 2. The zero-order chi connectivity index (χ0) is 11.5. The number of hydrogen-bond donors (Lipinski definition) is 1. The molecule has 1 aromatic carbocycles. The molecule has 3 heteroatoms. The summed E-state index contributed by atoms with van der Waals surface area (Å²) in [6.07, 6.45) is 1.96. The van der Waals surface area contributed by atoms with E-state index in [9.17, 15) is 0 Å². The van der Waals surface area contributed by atoms with Gasteiger partial charge in [0, 0.05) is 12.2 Å². The van der Waals surface area contributed by atoms with Crippen molar-refractivity contribution in [1.82, 2.24) is 9.78 Å². The van der Waals surface area contributed by atoms with Crippen LogP contribution in [0, 0.1) is 13.8 Å². The Morgan fingerprint density at radius 3 is 2.44 bits per heavy atom. The third kappa shape index (κ3) is 2.49. The SMILES string of the molecule is Cc1ccc(C(N)Cn2ccc(C)n2)cc1. The molecule has 2 N–H and O–H groups in total. The summed E-state index contributed by atoms with van der Waals surface area (Å²) in [6.45, 7) is 4.77. The molecule has 0 saturated carbocycles. The van der Waals surface area contributed by atoms with Crippen molar-refractivity contribution in [1.29, 1.82) is 0 Å². The van der Waals surface area contributed by atoms with Crippen LogP contribution >= 0.6 is 0 Å². The molecule has 0 bridgehead atoms. The van der Waals surface area contributed by atoms with E-state index in [2.05, 4.69) is 36.3 Å². The molecule has 2 rings (SSSR count). The Kier molecular flexibility index (Phi) is 3.06. The average molecular weight is 215 g/mol. The van der Waals surface area contributed by atoms with E-state index in [0.29, 0.717) is 0 Å². The second-order valence-electron chi connectivity index (χ2n) is 4.20. The maximum Gasteiger partial charge on any atom is 0.0602 e. The first-order valence-corrected chi connectivity index (χ1v) is 5.47. The van der Waals surface area contributed by atoms with Gasteiger partial charge in [0.05, 0.1) is 12.2 Å². The predicted octanol–water partition coefficient (Wildman–Crippen LogP) is 2.20. The van der Waals surface area contributed by atoms with E-state index >= 15 is 0 Å². The zero-order valence-corrected chi connectivity index (χ0v) is 9.72. The highest BCUT2D eigenvalue weighted by atomic mass is 15.3. The number of nitrogens with zero attached hydrogens (tertiary/aromatic N) is 2. The lowest BCUT2D eigenvalue weighted by Gasteiger charge is -2.12. The molecular weight excluding hydrogens is 198 g/mol. The van der Waals surface area contributed by atoms with E-state index in [1.165, 1.54) is 5.56 Å². The molecule has 2 aromatic rings. The average Bonchev–Trinajstić information content (AvgIpc) is 2.65. The summed E-state index contributed by atoms with van der Waals surface area (Å²) in [6, 6.07) is 10.3. The summed E-state index contributed by atoms with van der Waals surface area (Å²) in [5.74, 6) is 0. The third-order valence-corrected chi connectivity index (χ3v) is 2.66. The van der Waals surface area contributed by atoms with Crippen molar-refractivity contribution < 1.29 is 0 Å². The van der Waals surface area contributed by atoms with Gasteiger partial charge in [0.25, 0.3) is 0 Å². The summed E-state index contributed by atoms with van der Waals surface area (Å²) in [5, 5.41) is 4.33. The fourth-order valence-electron chi connectivity index (χ4n) is 1.69. The van der Waals surface area contributed by atoms with Gasteiger partial charge in [0.15, 0.2) is 0 Å². The van der Waals surface area contributed by atoms with Crippen LogP contribution in [-0.2, 0) is 6.54 Å². The Morgan fingerprint density at radius 1 is 1.19 bits per heavy atom. The van der Waals surface area contributed by atoms with Crippen LogP contribution in [0.5, 0.6) is 0 Å². The molecule has 1 atom stereocenters. The molecule has 0 saturated heterocycles. The molecule has 1 heterocycles. The molecule has 3 nitrogen and oxygen atoms in total. The molecule has 84 valence electrons. The number of aromatic nitrogens is 2. The molecule has 1 aromatic heterocycles. The minimum Gasteiger partial charge on any atom is -0.322 e. The number of rotatable bonds is 3. The first kappa shape index (κ1) is 10.9. The van der Waals surface area contributed by atoms with E-state index in [1.54, 1.807) is 0 Å². The molecule has 0 aliphatic heterocycles. The Balaban J connectivity index is 2.08. The highest BCUT2D eigenvalue weighted by molar-refractivity contribution is 5.23. The highest BCUT2D eigenvalue weighted by Crippen LogP contribution is 2.13. The second kappa shape index (κ2) is 4.49. The quantitative estimate of drug-likeness (QED) is 0.853. The molecular formula is C13H17N3. The molecule has 1 unspecified atom stereocenters. The minimum atomic E-state index is -0.0000926. The van der Waals surface area contributed by atoms with Gasteiger partial charge in [-0.2, -0.15) is 5.10 Å². The number of aryl methyl sites for hydroxylation is 2. The van der Waals surface area contributed by atoms with E-state index in [1.807, 2.05) is 23.9 Å².